The van der Waals surface area contributed by atoms with Gasteiger partial charge in [0, 0.05) is 18.4 Å². The fourth-order valence-electron chi connectivity index (χ4n) is 4.64. The highest BCUT2D eigenvalue weighted by Gasteiger charge is 2.27. The number of benzene rings is 1. The van der Waals surface area contributed by atoms with Crippen LogP contribution in [0.25, 0.3) is 5.69 Å². The molecule has 166 valence electrons. The fourth-order valence-corrected chi connectivity index (χ4v) is 4.64. The lowest BCUT2D eigenvalue weighted by molar-refractivity contribution is -0.120. The molecule has 0 radical (unpaired) electrons. The van der Waals surface area contributed by atoms with Crippen molar-refractivity contribution in [2.24, 2.45) is 5.92 Å². The van der Waals surface area contributed by atoms with Crippen LogP contribution in [0.5, 0.6) is 0 Å². The number of fused-ring (bicyclic) bond motifs is 2. The van der Waals surface area contributed by atoms with Gasteiger partial charge >= 0.3 is 0 Å². The first-order chi connectivity index (χ1) is 16.2. The van der Waals surface area contributed by atoms with Gasteiger partial charge in [0.2, 0.25) is 11.9 Å². The van der Waals surface area contributed by atoms with E-state index >= 15 is 0 Å². The zero-order chi connectivity index (χ0) is 22.2. The smallest absolute Gasteiger partial charge is 0.227 e. The normalized spacial score (nSPS) is 17.4. The number of carbonyl (C=O) groups is 1. The molecule has 6 rings (SSSR count). The Kier molecular flexibility index (Phi) is 4.82. The third-order valence-corrected chi connectivity index (χ3v) is 6.39. The number of H-pyrrole nitrogens is 1. The third-order valence-electron chi connectivity index (χ3n) is 6.39. The number of aromatic amines is 1. The number of anilines is 2. The minimum atomic E-state index is -0.124. The third kappa shape index (κ3) is 3.95. The maximum absolute atomic E-state index is 12.7. The van der Waals surface area contributed by atoms with E-state index < -0.39 is 0 Å². The summed E-state index contributed by atoms with van der Waals surface area (Å²) in [5, 5.41) is 21.5. The predicted octanol–water partition coefficient (Wildman–Crippen LogP) is 2.10. The number of carbonyl (C=O) groups excluding carboxylic acids is 1. The Labute approximate surface area is 189 Å². The van der Waals surface area contributed by atoms with E-state index in [4.69, 9.17) is 0 Å². The molecule has 1 atom stereocenters. The van der Waals surface area contributed by atoms with E-state index in [1.807, 2.05) is 0 Å². The van der Waals surface area contributed by atoms with Gasteiger partial charge < -0.3 is 10.6 Å². The second-order valence-electron chi connectivity index (χ2n) is 8.62. The Balaban J connectivity index is 1.07. The molecule has 10 nitrogen and oxygen atoms in total. The molecule has 10 heteroatoms. The Hall–Kier alpha value is -4.08. The van der Waals surface area contributed by atoms with Gasteiger partial charge in [0.25, 0.3) is 0 Å². The van der Waals surface area contributed by atoms with Gasteiger partial charge in [-0.2, -0.15) is 5.10 Å². The largest absolute Gasteiger partial charge is 0.351 e. The van der Waals surface area contributed by atoms with E-state index in [1.165, 1.54) is 11.1 Å². The van der Waals surface area contributed by atoms with Gasteiger partial charge in [-0.3, -0.25) is 9.89 Å². The Morgan fingerprint density at radius 3 is 2.64 bits per heavy atom. The van der Waals surface area contributed by atoms with Crippen molar-refractivity contribution in [3.8, 4) is 5.69 Å². The van der Waals surface area contributed by atoms with Gasteiger partial charge in [-0.1, -0.05) is 29.5 Å². The van der Waals surface area contributed by atoms with Crippen LogP contribution < -0.4 is 10.6 Å². The fraction of sp³-hybridized carbons (Fsp3) is 0.304. The van der Waals surface area contributed by atoms with Gasteiger partial charge in [-0.25, -0.2) is 14.6 Å². The van der Waals surface area contributed by atoms with E-state index in [-0.39, 0.29) is 11.8 Å². The number of rotatable bonds is 5. The Bertz CT molecular complexity index is 1270. The Morgan fingerprint density at radius 1 is 1.06 bits per heavy atom. The molecule has 4 aromatic rings. The molecule has 0 bridgehead atoms. The standard InChI is InChI=1S/C23H23N9O/c33-22(16-5-6-20-21(9-16)30-31-29-20)27-18-10-26-32(13-18)19-11-24-23(25-12-19)28-17-7-14-3-1-2-4-15(14)8-17/h1-4,10-13,16-17H,5-9H2,(H,27,33)(H,24,25,28)(H,29,30,31)/t16-/m0/s1. The summed E-state index contributed by atoms with van der Waals surface area (Å²) in [6, 6.07) is 8.81. The molecule has 33 heavy (non-hydrogen) atoms. The molecule has 0 fully saturated rings. The van der Waals surface area contributed by atoms with Crippen LogP contribution in [0.15, 0.2) is 49.1 Å². The molecule has 0 saturated carbocycles. The summed E-state index contributed by atoms with van der Waals surface area (Å²) in [6.07, 6.45) is 10.9. The van der Waals surface area contributed by atoms with Gasteiger partial charge in [-0.15, -0.1) is 5.10 Å². The highest BCUT2D eigenvalue weighted by molar-refractivity contribution is 5.92. The first-order valence-corrected chi connectivity index (χ1v) is 11.1. The minimum absolute atomic E-state index is 0.0310. The quantitative estimate of drug-likeness (QED) is 0.433. The molecule has 2 aliphatic rings. The molecule has 3 N–H and O–H groups in total. The first kappa shape index (κ1) is 19.6. The van der Waals surface area contributed by atoms with Crippen molar-refractivity contribution in [2.45, 2.75) is 38.1 Å². The highest BCUT2D eigenvalue weighted by Crippen LogP contribution is 2.25. The Morgan fingerprint density at radius 2 is 1.85 bits per heavy atom. The summed E-state index contributed by atoms with van der Waals surface area (Å²) in [4.78, 5) is 21.6. The van der Waals surface area contributed by atoms with Crippen molar-refractivity contribution in [2.75, 3.05) is 10.6 Å². The summed E-state index contributed by atoms with van der Waals surface area (Å²) in [5.41, 5.74) is 6.03. The summed E-state index contributed by atoms with van der Waals surface area (Å²) in [5.74, 6) is 0.444. The van der Waals surface area contributed by atoms with E-state index in [2.05, 4.69) is 65.4 Å². The van der Waals surface area contributed by atoms with E-state index in [0.29, 0.717) is 24.1 Å². The number of aromatic nitrogens is 7. The SMILES string of the molecule is O=C(Nc1cnn(-c2cnc(NC3Cc4ccccc4C3)nc2)c1)[C@H]1CCc2[nH]nnc2C1. The van der Waals surface area contributed by atoms with Crippen LogP contribution in [-0.2, 0) is 30.5 Å². The molecule has 2 aliphatic carbocycles. The molecule has 0 spiro atoms. The van der Waals surface area contributed by atoms with Crippen molar-refractivity contribution in [1.29, 1.82) is 0 Å². The minimum Gasteiger partial charge on any atom is -0.351 e. The molecule has 3 aromatic heterocycles. The van der Waals surface area contributed by atoms with E-state index in [1.54, 1.807) is 29.5 Å². The average molecular weight is 441 g/mol. The van der Waals surface area contributed by atoms with Gasteiger partial charge in [-0.05, 0) is 36.8 Å². The van der Waals surface area contributed by atoms with Crippen LogP contribution in [0.4, 0.5) is 11.6 Å². The zero-order valence-corrected chi connectivity index (χ0v) is 17.9. The van der Waals surface area contributed by atoms with Gasteiger partial charge in [0.05, 0.1) is 41.9 Å². The second kappa shape index (κ2) is 8.12. The lowest BCUT2D eigenvalue weighted by Gasteiger charge is -2.19. The first-order valence-electron chi connectivity index (χ1n) is 11.1. The zero-order valence-electron chi connectivity index (χ0n) is 17.9. The lowest BCUT2D eigenvalue weighted by Crippen LogP contribution is -2.28. The maximum Gasteiger partial charge on any atom is 0.227 e. The molecular formula is C23H23N9O. The van der Waals surface area contributed by atoms with Crippen molar-refractivity contribution in [1.82, 2.24) is 35.2 Å². The van der Waals surface area contributed by atoms with E-state index in [0.717, 1.165) is 42.8 Å². The summed E-state index contributed by atoms with van der Waals surface area (Å²) in [7, 11) is 0. The lowest BCUT2D eigenvalue weighted by atomic mass is 9.89. The molecular weight excluding hydrogens is 418 g/mol. The molecule has 1 aromatic carbocycles. The van der Waals surface area contributed by atoms with Crippen LogP contribution in [0.1, 0.15) is 28.9 Å². The number of nitrogens with zero attached hydrogens (tertiary/aromatic N) is 6. The summed E-state index contributed by atoms with van der Waals surface area (Å²) < 4.78 is 1.65. The van der Waals surface area contributed by atoms with Crippen molar-refractivity contribution >= 4 is 17.5 Å². The monoisotopic (exact) mass is 441 g/mol. The topological polar surface area (TPSA) is 126 Å². The predicted molar refractivity (Wildman–Crippen MR) is 121 cm³/mol. The maximum atomic E-state index is 12.7. The van der Waals surface area contributed by atoms with Crippen LogP contribution in [0.2, 0.25) is 0 Å². The van der Waals surface area contributed by atoms with Crippen LogP contribution in [0, 0.1) is 5.92 Å². The van der Waals surface area contributed by atoms with Crippen LogP contribution in [-0.4, -0.2) is 47.1 Å². The average Bonchev–Trinajstić information content (AvgIpc) is 3.58. The van der Waals surface area contributed by atoms with Crippen molar-refractivity contribution < 1.29 is 4.79 Å². The van der Waals surface area contributed by atoms with Crippen molar-refractivity contribution in [3.63, 3.8) is 0 Å². The molecule has 0 unspecified atom stereocenters. The summed E-state index contributed by atoms with van der Waals surface area (Å²) >= 11 is 0. The van der Waals surface area contributed by atoms with Crippen LogP contribution in [0.3, 0.4) is 0 Å². The number of amides is 1. The number of nitrogens with one attached hydrogen (secondary N) is 3. The number of aryl methyl sites for hydroxylation is 1. The molecule has 0 aliphatic heterocycles. The molecule has 1 amide bonds. The van der Waals surface area contributed by atoms with Crippen molar-refractivity contribution in [3.05, 3.63) is 71.6 Å². The van der Waals surface area contributed by atoms with Gasteiger partial charge in [0.15, 0.2) is 0 Å². The highest BCUT2D eigenvalue weighted by atomic mass is 16.1. The number of hydrogen-bond acceptors (Lipinski definition) is 7. The molecule has 0 saturated heterocycles. The van der Waals surface area contributed by atoms with E-state index in [9.17, 15) is 4.79 Å². The summed E-state index contributed by atoms with van der Waals surface area (Å²) in [6.45, 7) is 0. The number of hydrogen-bond donors (Lipinski definition) is 3. The molecule has 3 heterocycles. The van der Waals surface area contributed by atoms with Gasteiger partial charge in [0.1, 0.15) is 5.69 Å². The van der Waals surface area contributed by atoms with Crippen LogP contribution >= 0.6 is 0 Å². The second-order valence-corrected chi connectivity index (χ2v) is 8.62.